The highest BCUT2D eigenvalue weighted by Gasteiger charge is 2.24. The number of hydrogen-bond donors (Lipinski definition) is 4. The van der Waals surface area contributed by atoms with Gasteiger partial charge in [0, 0.05) is 12.6 Å². The highest BCUT2D eigenvalue weighted by atomic mass is 35.5. The van der Waals surface area contributed by atoms with Crippen molar-refractivity contribution in [2.75, 3.05) is 0 Å². The first-order valence-corrected chi connectivity index (χ1v) is 12.8. The number of carbonyl (C=O) groups is 1. The van der Waals surface area contributed by atoms with E-state index in [1.807, 2.05) is 6.07 Å². The van der Waals surface area contributed by atoms with Crippen molar-refractivity contribution in [3.8, 4) is 16.3 Å². The first-order chi connectivity index (χ1) is 16.8. The summed E-state index contributed by atoms with van der Waals surface area (Å²) in [6, 6.07) is 12.0. The molecule has 14 heteroatoms. The van der Waals surface area contributed by atoms with Crippen molar-refractivity contribution in [3.63, 3.8) is 0 Å². The van der Waals surface area contributed by atoms with Crippen LogP contribution in [0.25, 0.3) is 10.6 Å². The van der Waals surface area contributed by atoms with Gasteiger partial charge in [0.1, 0.15) is 16.0 Å². The van der Waals surface area contributed by atoms with Gasteiger partial charge in [0.05, 0.1) is 34.0 Å². The molecule has 35 heavy (non-hydrogen) atoms. The molecule has 0 bridgehead atoms. The lowest BCUT2D eigenvalue weighted by molar-refractivity contribution is -0.133. The molecule has 1 atom stereocenters. The number of phenolic OH excluding ortho intramolecular Hbond substituents is 1. The van der Waals surface area contributed by atoms with Crippen LogP contribution in [-0.2, 0) is 27.8 Å². The number of rotatable bonds is 9. The first-order valence-electron chi connectivity index (χ1n) is 10.1. The molecule has 0 aliphatic heterocycles. The molecule has 3 aromatic heterocycles. The highest BCUT2D eigenvalue weighted by Crippen LogP contribution is 2.29. The summed E-state index contributed by atoms with van der Waals surface area (Å²) in [5.74, 6) is -0.862. The summed E-state index contributed by atoms with van der Waals surface area (Å²) in [4.78, 5) is 17.2. The van der Waals surface area contributed by atoms with Gasteiger partial charge < -0.3 is 5.11 Å². The van der Waals surface area contributed by atoms with Gasteiger partial charge in [-0.3, -0.25) is 15.0 Å². The largest absolute Gasteiger partial charge is 0.506 e. The molecule has 0 aliphatic carbocycles. The minimum absolute atomic E-state index is 0.0758. The van der Waals surface area contributed by atoms with Crippen LogP contribution in [0.1, 0.15) is 17.3 Å². The number of halogens is 1. The molecule has 0 radical (unpaired) electrons. The fourth-order valence-electron chi connectivity index (χ4n) is 3.18. The number of phenols is 1. The number of nitrogens with zero attached hydrogens (tertiary/aromatic N) is 4. The minimum Gasteiger partial charge on any atom is -0.506 e. The second kappa shape index (κ2) is 10.5. The second-order valence-corrected chi connectivity index (χ2v) is 10.8. The predicted molar refractivity (Wildman–Crippen MR) is 127 cm³/mol. The number of amides is 1. The third-order valence-electron chi connectivity index (χ3n) is 4.94. The number of sulfonamides is 1. The Morgan fingerprint density at radius 2 is 2.03 bits per heavy atom. The Labute approximate surface area is 209 Å². The Bertz CT molecular complexity index is 1440. The summed E-state index contributed by atoms with van der Waals surface area (Å²) in [7, 11) is -3.83. The molecule has 0 saturated heterocycles. The van der Waals surface area contributed by atoms with E-state index in [1.165, 1.54) is 29.1 Å². The van der Waals surface area contributed by atoms with Gasteiger partial charge in [-0.05, 0) is 42.0 Å². The van der Waals surface area contributed by atoms with Gasteiger partial charge in [-0.1, -0.05) is 28.9 Å². The molecule has 1 amide bonds. The molecule has 4 N–H and O–H groups in total. The fraction of sp³-hybridized carbons (Fsp3) is 0.143. The molecule has 4 rings (SSSR count). The molecule has 11 nitrogen and oxygen atoms in total. The van der Waals surface area contributed by atoms with Crippen molar-refractivity contribution >= 4 is 38.9 Å². The quantitative estimate of drug-likeness (QED) is 0.188. The molecule has 0 fully saturated rings. The van der Waals surface area contributed by atoms with Crippen LogP contribution < -0.4 is 10.2 Å². The zero-order valence-corrected chi connectivity index (χ0v) is 20.3. The Balaban J connectivity index is 1.46. The van der Waals surface area contributed by atoms with Crippen LogP contribution in [-0.4, -0.2) is 44.6 Å². The van der Waals surface area contributed by atoms with Crippen molar-refractivity contribution in [2.45, 2.75) is 23.2 Å². The number of thiophene rings is 1. The van der Waals surface area contributed by atoms with E-state index in [1.54, 1.807) is 35.9 Å². The van der Waals surface area contributed by atoms with Crippen molar-refractivity contribution in [2.24, 2.45) is 0 Å². The van der Waals surface area contributed by atoms with Gasteiger partial charge in [0.2, 0.25) is 10.0 Å². The maximum Gasteiger partial charge on any atom is 0.268 e. The van der Waals surface area contributed by atoms with E-state index in [-0.39, 0.29) is 33.6 Å². The Hall–Kier alpha value is -3.36. The number of nitrogens with one attached hydrogen (secondary N) is 2. The van der Waals surface area contributed by atoms with Crippen molar-refractivity contribution in [1.82, 2.24) is 30.2 Å². The van der Waals surface area contributed by atoms with E-state index in [0.717, 1.165) is 11.3 Å². The van der Waals surface area contributed by atoms with Crippen molar-refractivity contribution < 1.29 is 23.5 Å². The number of aromatic hydroxyl groups is 1. The molecule has 3 heterocycles. The molecule has 0 saturated carbocycles. The predicted octanol–water partition coefficient (Wildman–Crippen LogP) is 2.53. The van der Waals surface area contributed by atoms with Gasteiger partial charge in [-0.2, -0.15) is 0 Å². The maximum atomic E-state index is 12.7. The number of carbonyl (C=O) groups excluding carboxylic acids is 1. The van der Waals surface area contributed by atoms with E-state index >= 15 is 0 Å². The van der Waals surface area contributed by atoms with Crippen LogP contribution >= 0.6 is 22.9 Å². The number of pyridine rings is 1. The zero-order chi connectivity index (χ0) is 25.0. The van der Waals surface area contributed by atoms with Gasteiger partial charge in [0.15, 0.2) is 0 Å². The lowest BCUT2D eigenvalue weighted by Gasteiger charge is -2.15. The summed E-state index contributed by atoms with van der Waals surface area (Å²) in [6.07, 6.45) is 3.11. The van der Waals surface area contributed by atoms with Gasteiger partial charge >= 0.3 is 0 Å². The average Bonchev–Trinajstić information content (AvgIpc) is 3.54. The summed E-state index contributed by atoms with van der Waals surface area (Å²) in [5, 5.41) is 26.7. The molecule has 4 aromatic rings. The van der Waals surface area contributed by atoms with Crippen molar-refractivity contribution in [1.29, 1.82) is 0 Å². The van der Waals surface area contributed by atoms with Crippen LogP contribution in [0.3, 0.4) is 0 Å². The molecule has 0 unspecified atom stereocenters. The Morgan fingerprint density at radius 3 is 2.74 bits per heavy atom. The average molecular weight is 535 g/mol. The van der Waals surface area contributed by atoms with E-state index in [9.17, 15) is 18.3 Å². The third-order valence-corrected chi connectivity index (χ3v) is 8.24. The van der Waals surface area contributed by atoms with Crippen LogP contribution in [0.4, 0.5) is 0 Å². The lowest BCUT2D eigenvalue weighted by Crippen LogP contribution is -2.32. The SMILES string of the molecule is O=C(NO)[C@H](Cc1ccc(O)c(Cl)c1)n1cc(CNS(=O)(=O)c2ccc(-c3ccccn3)s2)nn1. The van der Waals surface area contributed by atoms with Crippen LogP contribution in [0, 0.1) is 0 Å². The molecule has 182 valence electrons. The van der Waals surface area contributed by atoms with Crippen LogP contribution in [0.2, 0.25) is 5.02 Å². The molecule has 0 spiro atoms. The smallest absolute Gasteiger partial charge is 0.268 e. The van der Waals surface area contributed by atoms with E-state index in [0.29, 0.717) is 16.1 Å². The summed E-state index contributed by atoms with van der Waals surface area (Å²) < 4.78 is 29.3. The normalized spacial score (nSPS) is 12.4. The third kappa shape index (κ3) is 5.83. The summed E-state index contributed by atoms with van der Waals surface area (Å²) in [6.45, 7) is -0.169. The van der Waals surface area contributed by atoms with Gasteiger partial charge in [-0.15, -0.1) is 16.4 Å². The minimum atomic E-state index is -3.83. The molecular weight excluding hydrogens is 516 g/mol. The summed E-state index contributed by atoms with van der Waals surface area (Å²) >= 11 is 7.01. The topological polar surface area (TPSA) is 159 Å². The molecular formula is C21H19ClN6O5S2. The number of hydrogen-bond acceptors (Lipinski definition) is 9. The number of benzene rings is 1. The lowest BCUT2D eigenvalue weighted by atomic mass is 10.1. The van der Waals surface area contributed by atoms with Crippen LogP contribution in [0.15, 0.2) is 65.1 Å². The van der Waals surface area contributed by atoms with Gasteiger partial charge in [0.25, 0.3) is 5.91 Å². The summed E-state index contributed by atoms with van der Waals surface area (Å²) in [5.41, 5.74) is 3.12. The van der Waals surface area contributed by atoms with Gasteiger partial charge in [-0.25, -0.2) is 23.3 Å². The number of aromatic nitrogens is 4. The number of hydroxylamine groups is 1. The zero-order valence-electron chi connectivity index (χ0n) is 17.9. The van der Waals surface area contributed by atoms with E-state index in [2.05, 4.69) is 20.0 Å². The Kier molecular flexibility index (Phi) is 7.42. The first kappa shape index (κ1) is 24.8. The monoisotopic (exact) mass is 534 g/mol. The van der Waals surface area contributed by atoms with Crippen LogP contribution in [0.5, 0.6) is 5.75 Å². The highest BCUT2D eigenvalue weighted by molar-refractivity contribution is 7.91. The van der Waals surface area contributed by atoms with Crippen molar-refractivity contribution in [3.05, 3.63) is 77.2 Å². The second-order valence-electron chi connectivity index (χ2n) is 7.33. The maximum absolute atomic E-state index is 12.7. The van der Waals surface area contributed by atoms with E-state index < -0.39 is 22.0 Å². The Morgan fingerprint density at radius 1 is 1.20 bits per heavy atom. The fourth-order valence-corrected chi connectivity index (χ4v) is 5.71. The van der Waals surface area contributed by atoms with E-state index in [4.69, 9.17) is 16.8 Å². The molecule has 1 aromatic carbocycles. The molecule has 0 aliphatic rings. The standard InChI is InChI=1S/C21H19ClN6O5S2/c22-15-9-13(4-5-18(15)29)10-17(21(30)26-31)28-12-14(25-27-28)11-24-35(32,33)20-7-6-19(34-20)16-3-1-2-8-23-16/h1-9,12,17,24,29,31H,10-11H2,(H,26,30)/t17-/m0/s1.